The van der Waals surface area contributed by atoms with Crippen molar-refractivity contribution in [3.05, 3.63) is 12.0 Å². The fourth-order valence-electron chi connectivity index (χ4n) is 2.06. The van der Waals surface area contributed by atoms with E-state index in [0.29, 0.717) is 12.5 Å². The second kappa shape index (κ2) is 4.82. The van der Waals surface area contributed by atoms with E-state index in [0.717, 1.165) is 23.8 Å². The van der Waals surface area contributed by atoms with E-state index < -0.39 is 0 Å². The van der Waals surface area contributed by atoms with E-state index in [4.69, 9.17) is 9.47 Å². The number of ether oxygens (including phenoxy) is 2. The first-order chi connectivity index (χ1) is 8.38. The van der Waals surface area contributed by atoms with Crippen LogP contribution in [0.4, 0.5) is 0 Å². The predicted molar refractivity (Wildman–Crippen MR) is 65.6 cm³/mol. The molecule has 2 heterocycles. The Morgan fingerprint density at radius 2 is 2.24 bits per heavy atom. The van der Waals surface area contributed by atoms with Gasteiger partial charge in [0.05, 0.1) is 23.8 Å². The Kier molecular flexibility index (Phi) is 3.20. The maximum Gasteiger partial charge on any atom is 0.231 e. The van der Waals surface area contributed by atoms with Crippen molar-refractivity contribution in [2.75, 3.05) is 19.5 Å². The fourth-order valence-corrected chi connectivity index (χ4v) is 2.76. The molecule has 0 radical (unpaired) electrons. The van der Waals surface area contributed by atoms with Crippen molar-refractivity contribution in [3.8, 4) is 5.88 Å². The standard InChI is InChI=1S/C12H16N2O2S/c1-17-11-10(8-2-3-8)13-7-14-12(11)16-9-4-5-15-6-9/h7-9H,2-6H2,1H3. The number of hydrogen-bond acceptors (Lipinski definition) is 5. The number of aromatic nitrogens is 2. The zero-order valence-electron chi connectivity index (χ0n) is 9.89. The van der Waals surface area contributed by atoms with E-state index in [9.17, 15) is 0 Å². The molecule has 1 aromatic rings. The lowest BCUT2D eigenvalue weighted by Gasteiger charge is -2.15. The van der Waals surface area contributed by atoms with Gasteiger partial charge < -0.3 is 9.47 Å². The predicted octanol–water partition coefficient (Wildman–Crippen LogP) is 2.24. The Bertz CT molecular complexity index is 403. The number of nitrogens with zero attached hydrogens (tertiary/aromatic N) is 2. The summed E-state index contributed by atoms with van der Waals surface area (Å²) in [6, 6.07) is 0. The van der Waals surface area contributed by atoms with Crippen LogP contribution in [0.25, 0.3) is 0 Å². The molecule has 0 amide bonds. The van der Waals surface area contributed by atoms with E-state index >= 15 is 0 Å². The van der Waals surface area contributed by atoms with Crippen LogP contribution in [0.5, 0.6) is 5.88 Å². The molecule has 1 unspecified atom stereocenters. The molecule has 5 heteroatoms. The summed E-state index contributed by atoms with van der Waals surface area (Å²) in [4.78, 5) is 9.79. The molecule has 17 heavy (non-hydrogen) atoms. The Labute approximate surface area is 105 Å². The molecule has 0 N–H and O–H groups in total. The highest BCUT2D eigenvalue weighted by atomic mass is 32.2. The molecule has 0 aromatic carbocycles. The van der Waals surface area contributed by atoms with E-state index in [1.165, 1.54) is 18.5 Å². The van der Waals surface area contributed by atoms with Crippen LogP contribution in [-0.4, -0.2) is 35.5 Å². The zero-order valence-corrected chi connectivity index (χ0v) is 10.7. The monoisotopic (exact) mass is 252 g/mol. The van der Waals surface area contributed by atoms with Crippen molar-refractivity contribution in [1.29, 1.82) is 0 Å². The highest BCUT2D eigenvalue weighted by Gasteiger charge is 2.30. The topological polar surface area (TPSA) is 44.2 Å². The van der Waals surface area contributed by atoms with Crippen LogP contribution in [0.3, 0.4) is 0 Å². The highest BCUT2D eigenvalue weighted by Crippen LogP contribution is 2.44. The highest BCUT2D eigenvalue weighted by molar-refractivity contribution is 7.98. The van der Waals surface area contributed by atoms with Crippen molar-refractivity contribution in [1.82, 2.24) is 9.97 Å². The number of thioether (sulfide) groups is 1. The van der Waals surface area contributed by atoms with Crippen molar-refractivity contribution >= 4 is 11.8 Å². The molecule has 4 nitrogen and oxygen atoms in total. The van der Waals surface area contributed by atoms with Crippen molar-refractivity contribution < 1.29 is 9.47 Å². The van der Waals surface area contributed by atoms with Gasteiger partial charge in [0.15, 0.2) is 0 Å². The average molecular weight is 252 g/mol. The largest absolute Gasteiger partial charge is 0.471 e. The molecule has 2 aliphatic rings. The molecule has 1 atom stereocenters. The Hall–Kier alpha value is -0.810. The van der Waals surface area contributed by atoms with Gasteiger partial charge in [-0.25, -0.2) is 9.97 Å². The summed E-state index contributed by atoms with van der Waals surface area (Å²) in [5, 5.41) is 0. The molecular formula is C12H16N2O2S. The maximum absolute atomic E-state index is 5.92. The van der Waals surface area contributed by atoms with E-state index in [-0.39, 0.29) is 6.10 Å². The second-order valence-corrected chi connectivity index (χ2v) is 5.29. The average Bonchev–Trinajstić information content (AvgIpc) is 3.08. The molecule has 0 spiro atoms. The lowest BCUT2D eigenvalue weighted by atomic mass is 10.3. The second-order valence-electron chi connectivity index (χ2n) is 4.48. The molecule has 1 aliphatic heterocycles. The summed E-state index contributed by atoms with van der Waals surface area (Å²) in [5.74, 6) is 1.37. The molecule has 1 saturated carbocycles. The molecule has 92 valence electrons. The van der Waals surface area contributed by atoms with Crippen LogP contribution in [0, 0.1) is 0 Å². The minimum atomic E-state index is 0.155. The Morgan fingerprint density at radius 1 is 1.35 bits per heavy atom. The normalized spacial score (nSPS) is 23.9. The first kappa shape index (κ1) is 11.3. The first-order valence-electron chi connectivity index (χ1n) is 6.01. The van der Waals surface area contributed by atoms with Gasteiger partial charge in [-0.05, 0) is 19.1 Å². The molecule has 3 rings (SSSR count). The van der Waals surface area contributed by atoms with Crippen LogP contribution in [-0.2, 0) is 4.74 Å². The Balaban J connectivity index is 1.83. The van der Waals surface area contributed by atoms with E-state index in [2.05, 4.69) is 16.2 Å². The third kappa shape index (κ3) is 2.40. The summed E-state index contributed by atoms with van der Waals surface area (Å²) < 4.78 is 11.2. The molecule has 2 fully saturated rings. The third-order valence-electron chi connectivity index (χ3n) is 3.13. The first-order valence-corrected chi connectivity index (χ1v) is 7.24. The fraction of sp³-hybridized carbons (Fsp3) is 0.667. The summed E-state index contributed by atoms with van der Waals surface area (Å²) >= 11 is 1.68. The summed E-state index contributed by atoms with van der Waals surface area (Å²) in [7, 11) is 0. The minimum absolute atomic E-state index is 0.155. The van der Waals surface area contributed by atoms with Crippen LogP contribution in [0.1, 0.15) is 30.9 Å². The maximum atomic E-state index is 5.92. The van der Waals surface area contributed by atoms with Gasteiger partial charge in [-0.3, -0.25) is 0 Å². The smallest absolute Gasteiger partial charge is 0.231 e. The minimum Gasteiger partial charge on any atom is -0.471 e. The zero-order chi connectivity index (χ0) is 11.7. The molecule has 1 aromatic heterocycles. The number of hydrogen-bond donors (Lipinski definition) is 0. The Morgan fingerprint density at radius 3 is 2.88 bits per heavy atom. The van der Waals surface area contributed by atoms with Gasteiger partial charge in [-0.15, -0.1) is 11.8 Å². The molecule has 1 saturated heterocycles. The van der Waals surface area contributed by atoms with Gasteiger partial charge >= 0.3 is 0 Å². The lowest BCUT2D eigenvalue weighted by Crippen LogP contribution is -2.17. The van der Waals surface area contributed by atoms with Gasteiger partial charge in [-0.2, -0.15) is 0 Å². The summed E-state index contributed by atoms with van der Waals surface area (Å²) in [6.45, 7) is 1.47. The van der Waals surface area contributed by atoms with Gasteiger partial charge in [0, 0.05) is 12.3 Å². The van der Waals surface area contributed by atoms with Gasteiger partial charge in [0.25, 0.3) is 0 Å². The molecular weight excluding hydrogens is 236 g/mol. The van der Waals surface area contributed by atoms with E-state index in [1.807, 2.05) is 0 Å². The van der Waals surface area contributed by atoms with Gasteiger partial charge in [-0.1, -0.05) is 0 Å². The van der Waals surface area contributed by atoms with Crippen LogP contribution in [0.2, 0.25) is 0 Å². The van der Waals surface area contributed by atoms with Crippen LogP contribution >= 0.6 is 11.8 Å². The molecule has 1 aliphatic carbocycles. The van der Waals surface area contributed by atoms with Crippen molar-refractivity contribution in [2.45, 2.75) is 36.2 Å². The van der Waals surface area contributed by atoms with Crippen molar-refractivity contribution in [2.24, 2.45) is 0 Å². The third-order valence-corrected chi connectivity index (χ3v) is 3.93. The quantitative estimate of drug-likeness (QED) is 0.769. The van der Waals surface area contributed by atoms with Crippen LogP contribution < -0.4 is 4.74 Å². The van der Waals surface area contributed by atoms with Gasteiger partial charge in [0.1, 0.15) is 12.4 Å². The van der Waals surface area contributed by atoms with Crippen molar-refractivity contribution in [3.63, 3.8) is 0 Å². The summed E-state index contributed by atoms with van der Waals surface area (Å²) in [5.41, 5.74) is 1.17. The molecule has 0 bridgehead atoms. The number of rotatable bonds is 4. The SMILES string of the molecule is CSc1c(OC2CCOC2)ncnc1C1CC1. The van der Waals surface area contributed by atoms with Crippen LogP contribution in [0.15, 0.2) is 11.2 Å². The lowest BCUT2D eigenvalue weighted by molar-refractivity contribution is 0.135. The summed E-state index contributed by atoms with van der Waals surface area (Å²) in [6.07, 6.45) is 7.29. The van der Waals surface area contributed by atoms with E-state index in [1.54, 1.807) is 18.1 Å². The van der Waals surface area contributed by atoms with Gasteiger partial charge in [0.2, 0.25) is 5.88 Å².